The number of hydrogen-bond donors (Lipinski definition) is 0. The van der Waals surface area contributed by atoms with E-state index in [1.54, 1.807) is 0 Å². The normalized spacial score (nSPS) is 30.6. The van der Waals surface area contributed by atoms with Gasteiger partial charge in [0.15, 0.2) is 0 Å². The minimum atomic E-state index is 0.679. The zero-order chi connectivity index (χ0) is 14.9. The molecule has 122 valence electrons. The minimum absolute atomic E-state index is 0.679. The van der Waals surface area contributed by atoms with Crippen molar-refractivity contribution in [3.8, 4) is 0 Å². The van der Waals surface area contributed by atoms with E-state index in [0.717, 1.165) is 18.5 Å². The molecule has 4 nitrogen and oxygen atoms in total. The van der Waals surface area contributed by atoms with Crippen LogP contribution in [0.2, 0.25) is 0 Å². The predicted octanol–water partition coefficient (Wildman–Crippen LogP) is 3.63. The van der Waals surface area contributed by atoms with Gasteiger partial charge in [-0.2, -0.15) is 0 Å². The summed E-state index contributed by atoms with van der Waals surface area (Å²) in [6, 6.07) is 0.806. The first-order valence-corrected chi connectivity index (χ1v) is 9.45. The molecule has 0 amide bonds. The van der Waals surface area contributed by atoms with Gasteiger partial charge in [-0.1, -0.05) is 25.7 Å². The fraction of sp³-hybridized carbons (Fsp3) is 0.889. The Hall–Kier alpha value is -0.900. The topological polar surface area (TPSA) is 34.0 Å². The molecule has 4 heteroatoms. The maximum Gasteiger partial charge on any atom is 0.146 e. The summed E-state index contributed by atoms with van der Waals surface area (Å²) in [7, 11) is 2.18. The van der Waals surface area contributed by atoms with Gasteiger partial charge in [-0.05, 0) is 51.0 Å². The summed E-state index contributed by atoms with van der Waals surface area (Å²) in [5.41, 5.74) is 0. The van der Waals surface area contributed by atoms with Crippen LogP contribution in [0, 0.1) is 5.92 Å². The third-order valence-electron chi connectivity index (χ3n) is 6.42. The van der Waals surface area contributed by atoms with Crippen LogP contribution in [0.1, 0.15) is 81.8 Å². The van der Waals surface area contributed by atoms with Crippen LogP contribution in [-0.2, 0) is 13.6 Å². The highest BCUT2D eigenvalue weighted by Gasteiger charge is 2.33. The summed E-state index contributed by atoms with van der Waals surface area (Å²) in [6.07, 6.45) is 13.9. The minimum Gasteiger partial charge on any atom is -0.317 e. The van der Waals surface area contributed by atoms with Crippen LogP contribution in [-0.4, -0.2) is 32.3 Å². The van der Waals surface area contributed by atoms with Crippen molar-refractivity contribution in [2.45, 2.75) is 82.7 Å². The summed E-state index contributed by atoms with van der Waals surface area (Å²) in [5, 5.41) is 9.07. The van der Waals surface area contributed by atoms with Crippen molar-refractivity contribution in [2.24, 2.45) is 13.0 Å². The van der Waals surface area contributed by atoms with Crippen LogP contribution in [0.4, 0.5) is 0 Å². The van der Waals surface area contributed by atoms with Gasteiger partial charge >= 0.3 is 0 Å². The highest BCUT2D eigenvalue weighted by Crippen LogP contribution is 2.37. The summed E-state index contributed by atoms with van der Waals surface area (Å²) in [6.45, 7) is 2.27. The maximum absolute atomic E-state index is 4.55. The maximum atomic E-state index is 4.55. The third kappa shape index (κ3) is 2.70. The second-order valence-electron chi connectivity index (χ2n) is 7.74. The second kappa shape index (κ2) is 6.31. The first-order chi connectivity index (χ1) is 10.8. The van der Waals surface area contributed by atoms with Crippen LogP contribution in [0.3, 0.4) is 0 Å². The van der Waals surface area contributed by atoms with E-state index < -0.39 is 0 Å². The molecule has 1 aliphatic heterocycles. The SMILES string of the molecule is Cn1c(CN2CCCC[C@H]3CCCC[C@H]32)nnc1C1CCC1. The Bertz CT molecular complexity index is 505. The van der Waals surface area contributed by atoms with E-state index in [0.29, 0.717) is 5.92 Å². The van der Waals surface area contributed by atoms with Crippen molar-refractivity contribution in [2.75, 3.05) is 6.54 Å². The number of rotatable bonds is 3. The van der Waals surface area contributed by atoms with Crippen molar-refractivity contribution >= 4 is 0 Å². The summed E-state index contributed by atoms with van der Waals surface area (Å²) < 4.78 is 2.30. The van der Waals surface area contributed by atoms with Crippen molar-refractivity contribution < 1.29 is 0 Å². The first kappa shape index (κ1) is 14.7. The first-order valence-electron chi connectivity index (χ1n) is 9.45. The number of nitrogens with zero attached hydrogens (tertiary/aromatic N) is 4. The van der Waals surface area contributed by atoms with E-state index in [2.05, 4.69) is 26.7 Å². The lowest BCUT2D eigenvalue weighted by Gasteiger charge is -2.38. The van der Waals surface area contributed by atoms with Gasteiger partial charge in [0.1, 0.15) is 11.6 Å². The van der Waals surface area contributed by atoms with Gasteiger partial charge in [0.25, 0.3) is 0 Å². The highest BCUT2D eigenvalue weighted by atomic mass is 15.3. The average molecular weight is 302 g/mol. The van der Waals surface area contributed by atoms with Crippen molar-refractivity contribution in [3.05, 3.63) is 11.6 Å². The van der Waals surface area contributed by atoms with Crippen molar-refractivity contribution in [1.82, 2.24) is 19.7 Å². The van der Waals surface area contributed by atoms with Gasteiger partial charge in [-0.3, -0.25) is 4.90 Å². The Labute approximate surface area is 134 Å². The van der Waals surface area contributed by atoms with E-state index in [1.165, 1.54) is 82.4 Å². The van der Waals surface area contributed by atoms with Crippen LogP contribution in [0.25, 0.3) is 0 Å². The van der Waals surface area contributed by atoms with Gasteiger partial charge in [0, 0.05) is 19.0 Å². The van der Waals surface area contributed by atoms with E-state index in [1.807, 2.05) is 0 Å². The predicted molar refractivity (Wildman–Crippen MR) is 87.6 cm³/mol. The molecular weight excluding hydrogens is 272 g/mol. The molecule has 0 N–H and O–H groups in total. The molecular formula is C18H30N4. The molecule has 22 heavy (non-hydrogen) atoms. The van der Waals surface area contributed by atoms with Gasteiger partial charge in [-0.25, -0.2) is 0 Å². The number of aromatic nitrogens is 3. The number of fused-ring (bicyclic) bond motifs is 1. The second-order valence-corrected chi connectivity index (χ2v) is 7.74. The average Bonchev–Trinajstić information content (AvgIpc) is 2.72. The molecule has 2 aliphatic carbocycles. The lowest BCUT2D eigenvalue weighted by atomic mass is 9.81. The molecule has 0 spiro atoms. The van der Waals surface area contributed by atoms with Crippen LogP contribution < -0.4 is 0 Å². The molecule has 0 aromatic carbocycles. The van der Waals surface area contributed by atoms with Gasteiger partial charge < -0.3 is 4.57 Å². The molecule has 1 aromatic rings. The Morgan fingerprint density at radius 1 is 0.909 bits per heavy atom. The van der Waals surface area contributed by atoms with Crippen LogP contribution >= 0.6 is 0 Å². The Kier molecular flexibility index (Phi) is 4.21. The largest absolute Gasteiger partial charge is 0.317 e. The highest BCUT2D eigenvalue weighted by molar-refractivity contribution is 5.05. The molecule has 0 radical (unpaired) electrons. The molecule has 3 fully saturated rings. The molecule has 3 aliphatic rings. The Morgan fingerprint density at radius 2 is 1.68 bits per heavy atom. The van der Waals surface area contributed by atoms with E-state index >= 15 is 0 Å². The van der Waals surface area contributed by atoms with E-state index in [4.69, 9.17) is 0 Å². The summed E-state index contributed by atoms with van der Waals surface area (Å²) in [4.78, 5) is 2.74. The Balaban J connectivity index is 1.50. The molecule has 0 bridgehead atoms. The van der Waals surface area contributed by atoms with E-state index in [-0.39, 0.29) is 0 Å². The van der Waals surface area contributed by atoms with E-state index in [9.17, 15) is 0 Å². The lowest BCUT2D eigenvalue weighted by Crippen LogP contribution is -2.41. The fourth-order valence-corrected chi connectivity index (χ4v) is 4.81. The summed E-state index contributed by atoms with van der Waals surface area (Å²) >= 11 is 0. The van der Waals surface area contributed by atoms with Gasteiger partial charge in [0.2, 0.25) is 0 Å². The monoisotopic (exact) mass is 302 g/mol. The lowest BCUT2D eigenvalue weighted by molar-refractivity contribution is 0.106. The smallest absolute Gasteiger partial charge is 0.146 e. The molecule has 4 rings (SSSR count). The molecule has 2 saturated carbocycles. The fourth-order valence-electron chi connectivity index (χ4n) is 4.81. The van der Waals surface area contributed by atoms with Crippen molar-refractivity contribution in [3.63, 3.8) is 0 Å². The standard InChI is InChI=1S/C18H30N4/c1-21-17(19-20-18(21)15-9-6-10-15)13-22-12-5-4-8-14-7-2-3-11-16(14)22/h14-16H,2-13H2,1H3/t14-,16-/m1/s1. The Morgan fingerprint density at radius 3 is 2.45 bits per heavy atom. The summed E-state index contributed by atoms with van der Waals surface area (Å²) in [5.74, 6) is 4.04. The molecule has 1 aromatic heterocycles. The quantitative estimate of drug-likeness (QED) is 0.855. The van der Waals surface area contributed by atoms with Gasteiger partial charge in [-0.15, -0.1) is 10.2 Å². The third-order valence-corrected chi connectivity index (χ3v) is 6.42. The number of hydrogen-bond acceptors (Lipinski definition) is 3. The van der Waals surface area contributed by atoms with Gasteiger partial charge in [0.05, 0.1) is 6.54 Å². The van der Waals surface area contributed by atoms with Crippen LogP contribution in [0.15, 0.2) is 0 Å². The van der Waals surface area contributed by atoms with Crippen molar-refractivity contribution in [1.29, 1.82) is 0 Å². The number of likely N-dealkylation sites (tertiary alicyclic amines) is 1. The van der Waals surface area contributed by atoms with Crippen LogP contribution in [0.5, 0.6) is 0 Å². The molecule has 2 atom stereocenters. The molecule has 0 unspecified atom stereocenters. The zero-order valence-corrected chi connectivity index (χ0v) is 14.0. The molecule has 1 saturated heterocycles. The molecule has 2 heterocycles. The zero-order valence-electron chi connectivity index (χ0n) is 14.0.